The van der Waals surface area contributed by atoms with E-state index in [0.29, 0.717) is 5.02 Å². The number of rotatable bonds is 3. The number of anilines is 1. The molecule has 0 spiro atoms. The molecule has 8 heteroatoms. The van der Waals surface area contributed by atoms with Gasteiger partial charge < -0.3 is 0 Å². The molecular formula is C12H7Cl2N3O2S. The lowest BCUT2D eigenvalue weighted by Gasteiger charge is -2.08. The Morgan fingerprint density at radius 2 is 1.90 bits per heavy atom. The van der Waals surface area contributed by atoms with Gasteiger partial charge in [0.2, 0.25) is 0 Å². The van der Waals surface area contributed by atoms with Gasteiger partial charge in [-0.05, 0) is 30.3 Å². The predicted molar refractivity (Wildman–Crippen MR) is 76.2 cm³/mol. The third kappa shape index (κ3) is 3.20. The molecule has 0 saturated heterocycles. The number of hydrogen-bond donors (Lipinski definition) is 1. The van der Waals surface area contributed by atoms with Crippen molar-refractivity contribution in [1.82, 2.24) is 4.98 Å². The highest BCUT2D eigenvalue weighted by atomic mass is 35.5. The van der Waals surface area contributed by atoms with Crippen LogP contribution < -0.4 is 4.72 Å². The molecule has 2 rings (SSSR count). The van der Waals surface area contributed by atoms with E-state index in [2.05, 4.69) is 9.71 Å². The van der Waals surface area contributed by atoms with Crippen LogP contribution in [0.15, 0.2) is 41.4 Å². The normalized spacial score (nSPS) is 10.8. The lowest BCUT2D eigenvalue weighted by Crippen LogP contribution is -2.13. The van der Waals surface area contributed by atoms with E-state index in [4.69, 9.17) is 28.5 Å². The number of pyridine rings is 1. The standard InChI is InChI=1S/C12H7Cl2N3O2S/c13-11-4-2-8(5-12(11)14)17-20(18,19)10-3-1-9(6-15)16-7-10/h1-5,7,17H. The SMILES string of the molecule is N#Cc1ccc(S(=O)(=O)Nc2ccc(Cl)c(Cl)c2)cn1. The zero-order chi connectivity index (χ0) is 14.8. The molecule has 0 amide bonds. The quantitative estimate of drug-likeness (QED) is 0.939. The van der Waals surface area contributed by atoms with Gasteiger partial charge in [0.25, 0.3) is 10.0 Å². The smallest absolute Gasteiger partial charge is 0.263 e. The molecule has 0 aliphatic heterocycles. The Morgan fingerprint density at radius 1 is 1.15 bits per heavy atom. The Kier molecular flexibility index (Phi) is 4.14. The van der Waals surface area contributed by atoms with Crippen molar-refractivity contribution in [2.75, 3.05) is 4.72 Å². The molecule has 20 heavy (non-hydrogen) atoms. The van der Waals surface area contributed by atoms with Gasteiger partial charge in [0.05, 0.1) is 15.7 Å². The second-order valence-electron chi connectivity index (χ2n) is 3.73. The van der Waals surface area contributed by atoms with Gasteiger partial charge in [-0.2, -0.15) is 5.26 Å². The molecule has 0 aliphatic rings. The van der Waals surface area contributed by atoms with Crippen LogP contribution >= 0.6 is 23.2 Å². The van der Waals surface area contributed by atoms with Crippen LogP contribution in [0.4, 0.5) is 5.69 Å². The monoisotopic (exact) mass is 327 g/mol. The topological polar surface area (TPSA) is 82.8 Å². The lowest BCUT2D eigenvalue weighted by molar-refractivity contribution is 0.601. The van der Waals surface area contributed by atoms with Crippen molar-refractivity contribution >= 4 is 38.9 Å². The van der Waals surface area contributed by atoms with Crippen LogP contribution in [0.25, 0.3) is 0 Å². The van der Waals surface area contributed by atoms with E-state index in [0.717, 1.165) is 6.20 Å². The molecule has 102 valence electrons. The average molecular weight is 328 g/mol. The molecule has 0 saturated carbocycles. The van der Waals surface area contributed by atoms with Crippen molar-refractivity contribution < 1.29 is 8.42 Å². The molecule has 1 heterocycles. The fraction of sp³-hybridized carbons (Fsp3) is 0. The fourth-order valence-electron chi connectivity index (χ4n) is 1.38. The molecule has 1 N–H and O–H groups in total. The first-order valence-corrected chi connectivity index (χ1v) is 7.50. The number of halogens is 2. The second kappa shape index (κ2) is 5.67. The third-order valence-corrected chi connectivity index (χ3v) is 4.44. The first-order chi connectivity index (χ1) is 9.42. The number of nitriles is 1. The van der Waals surface area contributed by atoms with Crippen LogP contribution in [0, 0.1) is 11.3 Å². The number of hydrogen-bond acceptors (Lipinski definition) is 4. The van der Waals surface area contributed by atoms with Gasteiger partial charge >= 0.3 is 0 Å². The predicted octanol–water partition coefficient (Wildman–Crippen LogP) is 3.06. The molecule has 0 fully saturated rings. The van der Waals surface area contributed by atoms with Crippen LogP contribution in [-0.4, -0.2) is 13.4 Å². The van der Waals surface area contributed by atoms with Crippen LogP contribution in [0.1, 0.15) is 5.69 Å². The maximum Gasteiger partial charge on any atom is 0.263 e. The molecule has 0 atom stereocenters. The fourth-order valence-corrected chi connectivity index (χ4v) is 2.67. The first-order valence-electron chi connectivity index (χ1n) is 5.26. The summed E-state index contributed by atoms with van der Waals surface area (Å²) in [5, 5.41) is 9.19. The summed E-state index contributed by atoms with van der Waals surface area (Å²) < 4.78 is 26.5. The van der Waals surface area contributed by atoms with E-state index in [1.165, 1.54) is 30.3 Å². The summed E-state index contributed by atoms with van der Waals surface area (Å²) in [5.41, 5.74) is 0.419. The number of sulfonamides is 1. The Bertz CT molecular complexity index is 783. The minimum Gasteiger partial charge on any atom is -0.280 e. The Balaban J connectivity index is 2.30. The highest BCUT2D eigenvalue weighted by molar-refractivity contribution is 7.92. The van der Waals surface area contributed by atoms with Crippen LogP contribution in [0.3, 0.4) is 0 Å². The summed E-state index contributed by atoms with van der Waals surface area (Å²) in [6.45, 7) is 0. The van der Waals surface area contributed by atoms with Crippen molar-refractivity contribution in [3.8, 4) is 6.07 Å². The number of nitrogens with one attached hydrogen (secondary N) is 1. The van der Waals surface area contributed by atoms with Crippen molar-refractivity contribution in [3.63, 3.8) is 0 Å². The van der Waals surface area contributed by atoms with Gasteiger partial charge in [0.1, 0.15) is 16.7 Å². The number of nitrogens with zero attached hydrogens (tertiary/aromatic N) is 2. The van der Waals surface area contributed by atoms with E-state index in [1.807, 2.05) is 6.07 Å². The zero-order valence-corrected chi connectivity index (χ0v) is 12.2. The van der Waals surface area contributed by atoms with Gasteiger partial charge in [-0.3, -0.25) is 4.72 Å². The van der Waals surface area contributed by atoms with E-state index in [1.54, 1.807) is 0 Å². The molecule has 1 aromatic heterocycles. The van der Waals surface area contributed by atoms with Crippen molar-refractivity contribution in [2.45, 2.75) is 4.90 Å². The van der Waals surface area contributed by atoms with Gasteiger partial charge in [0.15, 0.2) is 0 Å². The first kappa shape index (κ1) is 14.6. The molecule has 0 unspecified atom stereocenters. The molecule has 0 aliphatic carbocycles. The zero-order valence-electron chi connectivity index (χ0n) is 9.84. The van der Waals surface area contributed by atoms with Gasteiger partial charge in [0, 0.05) is 6.20 Å². The van der Waals surface area contributed by atoms with Crippen molar-refractivity contribution in [2.24, 2.45) is 0 Å². The second-order valence-corrected chi connectivity index (χ2v) is 6.22. The Hall–Kier alpha value is -1.81. The molecule has 1 aromatic carbocycles. The van der Waals surface area contributed by atoms with E-state index in [-0.39, 0.29) is 21.3 Å². The molecule has 5 nitrogen and oxygen atoms in total. The highest BCUT2D eigenvalue weighted by Gasteiger charge is 2.15. The maximum atomic E-state index is 12.1. The molecule has 0 bridgehead atoms. The minimum absolute atomic E-state index is 0.0532. The summed E-state index contributed by atoms with van der Waals surface area (Å²) >= 11 is 11.6. The summed E-state index contributed by atoms with van der Waals surface area (Å²) in [6, 6.07) is 8.81. The summed E-state index contributed by atoms with van der Waals surface area (Å²) in [5.74, 6) is 0. The lowest BCUT2D eigenvalue weighted by atomic mass is 10.3. The van der Waals surface area contributed by atoms with E-state index in [9.17, 15) is 8.42 Å². The van der Waals surface area contributed by atoms with E-state index < -0.39 is 10.0 Å². The maximum absolute atomic E-state index is 12.1. The van der Waals surface area contributed by atoms with Gasteiger partial charge in [-0.25, -0.2) is 13.4 Å². The van der Waals surface area contributed by atoms with Crippen LogP contribution in [0.2, 0.25) is 10.0 Å². The largest absolute Gasteiger partial charge is 0.280 e. The van der Waals surface area contributed by atoms with Crippen LogP contribution in [-0.2, 0) is 10.0 Å². The Morgan fingerprint density at radius 3 is 2.45 bits per heavy atom. The van der Waals surface area contributed by atoms with Crippen molar-refractivity contribution in [3.05, 3.63) is 52.3 Å². The summed E-state index contributed by atoms with van der Waals surface area (Å²) in [6.07, 6.45) is 1.11. The van der Waals surface area contributed by atoms with Crippen molar-refractivity contribution in [1.29, 1.82) is 5.26 Å². The average Bonchev–Trinajstić information content (AvgIpc) is 2.43. The molecule has 0 radical (unpaired) electrons. The number of aromatic nitrogens is 1. The molecule has 2 aromatic rings. The third-order valence-electron chi connectivity index (χ3n) is 2.33. The van der Waals surface area contributed by atoms with E-state index >= 15 is 0 Å². The summed E-state index contributed by atoms with van der Waals surface area (Å²) in [7, 11) is -3.79. The van der Waals surface area contributed by atoms with Gasteiger partial charge in [-0.15, -0.1) is 0 Å². The van der Waals surface area contributed by atoms with Gasteiger partial charge in [-0.1, -0.05) is 23.2 Å². The minimum atomic E-state index is -3.79. The Labute approximate surface area is 125 Å². The van der Waals surface area contributed by atoms with Crippen LogP contribution in [0.5, 0.6) is 0 Å². The number of benzene rings is 1. The highest BCUT2D eigenvalue weighted by Crippen LogP contribution is 2.26. The molecular weight excluding hydrogens is 321 g/mol. The summed E-state index contributed by atoms with van der Waals surface area (Å²) in [4.78, 5) is 3.66.